The Morgan fingerprint density at radius 3 is 2.60 bits per heavy atom. The van der Waals surface area contributed by atoms with Crippen LogP contribution < -0.4 is 5.32 Å². The Kier molecular flexibility index (Phi) is 4.66. The van der Waals surface area contributed by atoms with Crippen molar-refractivity contribution >= 4 is 40.9 Å². The van der Waals surface area contributed by atoms with E-state index in [0.29, 0.717) is 21.3 Å². The molecule has 0 unspecified atom stereocenters. The van der Waals surface area contributed by atoms with Gasteiger partial charge in [0.2, 0.25) is 5.91 Å². The van der Waals surface area contributed by atoms with Gasteiger partial charge in [-0.1, -0.05) is 41.4 Å². The van der Waals surface area contributed by atoms with Crippen molar-refractivity contribution in [2.45, 2.75) is 0 Å². The van der Waals surface area contributed by atoms with Gasteiger partial charge in [0.05, 0.1) is 5.69 Å². The van der Waals surface area contributed by atoms with Crippen molar-refractivity contribution in [2.75, 3.05) is 5.32 Å². The molecule has 2 N–H and O–H groups in total. The predicted molar refractivity (Wildman–Crippen MR) is 82.2 cm³/mol. The van der Waals surface area contributed by atoms with E-state index in [-0.39, 0.29) is 11.7 Å². The number of phenolic OH excluding ortho intramolecular Hbond substituents is 1. The van der Waals surface area contributed by atoms with Crippen LogP contribution in [0.15, 0.2) is 48.5 Å². The first-order valence-corrected chi connectivity index (χ1v) is 6.54. The first-order valence-electron chi connectivity index (χ1n) is 5.78. The third-order valence-corrected chi connectivity index (χ3v) is 3.10. The van der Waals surface area contributed by atoms with E-state index < -0.39 is 0 Å². The maximum absolute atomic E-state index is 11.7. The van der Waals surface area contributed by atoms with Crippen LogP contribution in [0, 0.1) is 0 Å². The average Bonchev–Trinajstić information content (AvgIpc) is 2.40. The maximum atomic E-state index is 11.7. The molecule has 2 aromatic carbocycles. The lowest BCUT2D eigenvalue weighted by Crippen LogP contribution is -2.07. The van der Waals surface area contributed by atoms with E-state index in [1.807, 2.05) is 0 Å². The zero-order valence-electron chi connectivity index (χ0n) is 10.3. The highest BCUT2D eigenvalue weighted by Gasteiger charge is 2.03. The summed E-state index contributed by atoms with van der Waals surface area (Å²) in [6.07, 6.45) is 2.91. The van der Waals surface area contributed by atoms with Crippen molar-refractivity contribution < 1.29 is 9.90 Å². The number of carbonyl (C=O) groups excluding carboxylic acids is 1. The van der Waals surface area contributed by atoms with Gasteiger partial charge in [0.15, 0.2) is 0 Å². The van der Waals surface area contributed by atoms with Crippen molar-refractivity contribution in [1.29, 1.82) is 0 Å². The fraction of sp³-hybridized carbons (Fsp3) is 0. The molecule has 0 aliphatic heterocycles. The lowest BCUT2D eigenvalue weighted by atomic mass is 10.2. The Morgan fingerprint density at radius 1 is 1.15 bits per heavy atom. The Balaban J connectivity index is 2.08. The molecule has 20 heavy (non-hydrogen) atoms. The first kappa shape index (κ1) is 14.4. The van der Waals surface area contributed by atoms with Gasteiger partial charge in [-0.2, -0.15) is 0 Å². The van der Waals surface area contributed by atoms with Crippen LogP contribution in [0.25, 0.3) is 6.08 Å². The first-order chi connectivity index (χ1) is 9.56. The van der Waals surface area contributed by atoms with Crippen LogP contribution in [-0.4, -0.2) is 11.0 Å². The quantitative estimate of drug-likeness (QED) is 0.654. The molecule has 1 amide bonds. The van der Waals surface area contributed by atoms with Crippen LogP contribution in [0.4, 0.5) is 5.69 Å². The topological polar surface area (TPSA) is 49.3 Å². The highest BCUT2D eigenvalue weighted by molar-refractivity contribution is 6.35. The number of rotatable bonds is 3. The number of phenols is 1. The summed E-state index contributed by atoms with van der Waals surface area (Å²) in [5.74, 6) is -0.351. The summed E-state index contributed by atoms with van der Waals surface area (Å²) in [5.41, 5.74) is 1.04. The van der Waals surface area contributed by atoms with Gasteiger partial charge in [-0.3, -0.25) is 4.79 Å². The molecule has 0 aromatic heterocycles. The molecule has 0 saturated carbocycles. The molecule has 2 aromatic rings. The summed E-state index contributed by atoms with van der Waals surface area (Å²) in [5, 5.41) is 13.1. The molecule has 0 saturated heterocycles. The van der Waals surface area contributed by atoms with Crippen molar-refractivity contribution in [1.82, 2.24) is 0 Å². The molecule has 3 nitrogen and oxygen atoms in total. The number of nitrogens with one attached hydrogen (secondary N) is 1. The molecular weight excluding hydrogens is 297 g/mol. The number of hydrogen-bond acceptors (Lipinski definition) is 2. The molecule has 0 spiro atoms. The number of carbonyl (C=O) groups is 1. The van der Waals surface area contributed by atoms with Crippen molar-refractivity contribution in [3.8, 4) is 5.75 Å². The number of halogens is 2. The molecule has 0 radical (unpaired) electrons. The fourth-order valence-electron chi connectivity index (χ4n) is 1.56. The number of aromatic hydroxyl groups is 1. The monoisotopic (exact) mass is 307 g/mol. The highest BCUT2D eigenvalue weighted by Crippen LogP contribution is 2.23. The fourth-order valence-corrected chi connectivity index (χ4v) is 2.03. The molecule has 0 aliphatic carbocycles. The lowest BCUT2D eigenvalue weighted by Gasteiger charge is -2.04. The van der Waals surface area contributed by atoms with Crippen LogP contribution in [-0.2, 0) is 4.79 Å². The smallest absolute Gasteiger partial charge is 0.248 e. The molecule has 102 valence electrons. The predicted octanol–water partition coefficient (Wildman–Crippen LogP) is 4.35. The van der Waals surface area contributed by atoms with Gasteiger partial charge in [0.25, 0.3) is 0 Å². The van der Waals surface area contributed by atoms with E-state index in [1.54, 1.807) is 42.5 Å². The number of amides is 1. The zero-order valence-corrected chi connectivity index (χ0v) is 11.8. The van der Waals surface area contributed by atoms with Crippen molar-refractivity contribution in [3.63, 3.8) is 0 Å². The SMILES string of the molecule is O=C(/C=C/c1ccc(Cl)cc1Cl)Nc1ccccc1O. The third kappa shape index (κ3) is 3.76. The summed E-state index contributed by atoms with van der Waals surface area (Å²) in [7, 11) is 0. The Hall–Kier alpha value is -1.97. The lowest BCUT2D eigenvalue weighted by molar-refractivity contribution is -0.111. The van der Waals surface area contributed by atoms with Crippen LogP contribution >= 0.6 is 23.2 Å². The van der Waals surface area contributed by atoms with Gasteiger partial charge in [0.1, 0.15) is 5.75 Å². The number of anilines is 1. The standard InChI is InChI=1S/C15H11Cl2NO2/c16-11-7-5-10(12(17)9-11)6-8-15(20)18-13-3-1-2-4-14(13)19/h1-9,19H,(H,18,20)/b8-6+. The van der Waals surface area contributed by atoms with Gasteiger partial charge in [0, 0.05) is 16.1 Å². The molecule has 0 atom stereocenters. The largest absolute Gasteiger partial charge is 0.506 e. The normalized spacial score (nSPS) is 10.7. The van der Waals surface area contributed by atoms with Crippen LogP contribution in [0.2, 0.25) is 10.0 Å². The molecule has 0 bridgehead atoms. The minimum absolute atomic E-state index is 0.0128. The summed E-state index contributed by atoms with van der Waals surface area (Å²) in [6.45, 7) is 0. The van der Waals surface area contributed by atoms with Gasteiger partial charge in [-0.05, 0) is 35.9 Å². The molecule has 0 fully saturated rings. The van der Waals surface area contributed by atoms with E-state index >= 15 is 0 Å². The van der Waals surface area contributed by atoms with E-state index in [0.717, 1.165) is 0 Å². The number of hydrogen-bond donors (Lipinski definition) is 2. The van der Waals surface area contributed by atoms with Gasteiger partial charge < -0.3 is 10.4 Å². The second-order valence-corrected chi connectivity index (χ2v) is 4.85. The zero-order chi connectivity index (χ0) is 14.5. The minimum Gasteiger partial charge on any atom is -0.506 e. The van der Waals surface area contributed by atoms with Gasteiger partial charge in [-0.15, -0.1) is 0 Å². The number of para-hydroxylation sites is 2. The maximum Gasteiger partial charge on any atom is 0.248 e. The Morgan fingerprint density at radius 2 is 1.90 bits per heavy atom. The van der Waals surface area contributed by atoms with E-state index in [4.69, 9.17) is 23.2 Å². The summed E-state index contributed by atoms with van der Waals surface area (Å²) < 4.78 is 0. The third-order valence-electron chi connectivity index (χ3n) is 2.54. The second-order valence-electron chi connectivity index (χ2n) is 4.01. The minimum atomic E-state index is -0.363. The Labute approximate surface area is 126 Å². The van der Waals surface area contributed by atoms with Gasteiger partial charge in [-0.25, -0.2) is 0 Å². The molecule has 0 heterocycles. The van der Waals surface area contributed by atoms with Gasteiger partial charge >= 0.3 is 0 Å². The summed E-state index contributed by atoms with van der Waals surface area (Å²) in [4.78, 5) is 11.7. The number of benzene rings is 2. The van der Waals surface area contributed by atoms with Crippen molar-refractivity contribution in [2.24, 2.45) is 0 Å². The van der Waals surface area contributed by atoms with E-state index in [9.17, 15) is 9.90 Å². The molecule has 2 rings (SSSR count). The summed E-state index contributed by atoms with van der Waals surface area (Å²) >= 11 is 11.8. The average molecular weight is 308 g/mol. The Bertz CT molecular complexity index is 669. The molecular formula is C15H11Cl2NO2. The van der Waals surface area contributed by atoms with Crippen LogP contribution in [0.1, 0.15) is 5.56 Å². The van der Waals surface area contributed by atoms with E-state index in [1.165, 1.54) is 12.1 Å². The molecule has 5 heteroatoms. The summed E-state index contributed by atoms with van der Waals surface area (Å²) in [6, 6.07) is 11.5. The highest BCUT2D eigenvalue weighted by atomic mass is 35.5. The van der Waals surface area contributed by atoms with Crippen LogP contribution in [0.5, 0.6) is 5.75 Å². The van der Waals surface area contributed by atoms with Crippen LogP contribution in [0.3, 0.4) is 0 Å². The molecule has 0 aliphatic rings. The second kappa shape index (κ2) is 6.46. The van der Waals surface area contributed by atoms with E-state index in [2.05, 4.69) is 5.32 Å². The van der Waals surface area contributed by atoms with Crippen molar-refractivity contribution in [3.05, 3.63) is 64.1 Å².